The van der Waals surface area contributed by atoms with Crippen LogP contribution < -0.4 is 0 Å². The second-order valence-electron chi connectivity index (χ2n) is 5.34. The molecule has 86 valence electrons. The first-order valence-corrected chi connectivity index (χ1v) is 5.90. The molecule has 1 heterocycles. The Balaban J connectivity index is 2.20. The van der Waals surface area contributed by atoms with E-state index in [1.54, 1.807) is 0 Å². The Bertz CT molecular complexity index is 283. The van der Waals surface area contributed by atoms with Crippen LogP contribution in [0, 0.1) is 5.41 Å². The van der Waals surface area contributed by atoms with Gasteiger partial charge in [-0.25, -0.2) is 0 Å². The normalized spacial score (nSPS) is 12.0. The predicted molar refractivity (Wildman–Crippen MR) is 62.7 cm³/mol. The number of rotatable bonds is 5. The van der Waals surface area contributed by atoms with E-state index in [1.165, 1.54) is 19.3 Å². The van der Waals surface area contributed by atoms with Gasteiger partial charge in [0.05, 0.1) is 5.69 Å². The second kappa shape index (κ2) is 5.29. The topological polar surface area (TPSA) is 30.7 Å². The molecule has 0 aliphatic heterocycles. The number of unbranched alkanes of at least 4 members (excludes halogenated alkanes) is 1. The van der Waals surface area contributed by atoms with Gasteiger partial charge < -0.3 is 0 Å². The molecule has 1 rings (SSSR count). The summed E-state index contributed by atoms with van der Waals surface area (Å²) in [4.78, 5) is 0. The molecular formula is C12H23N3. The Labute approximate surface area is 92.9 Å². The summed E-state index contributed by atoms with van der Waals surface area (Å²) in [7, 11) is 0. The van der Waals surface area contributed by atoms with E-state index in [0.29, 0.717) is 5.41 Å². The molecule has 0 aromatic carbocycles. The summed E-state index contributed by atoms with van der Waals surface area (Å²) in [6.45, 7) is 9.98. The van der Waals surface area contributed by atoms with Crippen molar-refractivity contribution in [1.82, 2.24) is 15.0 Å². The first-order valence-electron chi connectivity index (χ1n) is 5.90. The third-order valence-electron chi connectivity index (χ3n) is 2.51. The highest BCUT2D eigenvalue weighted by molar-refractivity contribution is 4.90. The molecule has 0 fully saturated rings. The molecule has 1 aromatic rings. The monoisotopic (exact) mass is 209 g/mol. The Hall–Kier alpha value is -0.860. The van der Waals surface area contributed by atoms with Gasteiger partial charge >= 0.3 is 0 Å². The van der Waals surface area contributed by atoms with Crippen molar-refractivity contribution in [2.75, 3.05) is 0 Å². The molecule has 0 saturated heterocycles. The summed E-state index contributed by atoms with van der Waals surface area (Å²) in [5, 5.41) is 8.16. The standard InChI is InChI=1S/C12H23N3/c1-5-11-10-15(14-13-11)9-7-6-8-12(2,3)4/h10H,5-9H2,1-4H3. The van der Waals surface area contributed by atoms with E-state index in [9.17, 15) is 0 Å². The lowest BCUT2D eigenvalue weighted by molar-refractivity contribution is 0.352. The molecular weight excluding hydrogens is 186 g/mol. The maximum absolute atomic E-state index is 4.09. The highest BCUT2D eigenvalue weighted by Gasteiger charge is 2.08. The van der Waals surface area contributed by atoms with Gasteiger partial charge in [-0.1, -0.05) is 39.3 Å². The van der Waals surface area contributed by atoms with Crippen molar-refractivity contribution in [3.05, 3.63) is 11.9 Å². The second-order valence-corrected chi connectivity index (χ2v) is 5.34. The molecule has 0 bridgehead atoms. The Morgan fingerprint density at radius 3 is 2.53 bits per heavy atom. The fourth-order valence-electron chi connectivity index (χ4n) is 1.54. The first-order chi connectivity index (χ1) is 7.01. The van der Waals surface area contributed by atoms with Gasteiger partial charge in [-0.2, -0.15) is 0 Å². The zero-order valence-corrected chi connectivity index (χ0v) is 10.5. The maximum atomic E-state index is 4.09. The first kappa shape index (κ1) is 12.2. The molecule has 0 aliphatic rings. The summed E-state index contributed by atoms with van der Waals surface area (Å²) in [6.07, 6.45) is 6.77. The summed E-state index contributed by atoms with van der Waals surface area (Å²) < 4.78 is 1.96. The predicted octanol–water partition coefficient (Wildman–Crippen LogP) is 3.06. The van der Waals surface area contributed by atoms with Gasteiger partial charge in [-0.05, 0) is 24.7 Å². The molecule has 0 amide bonds. The minimum Gasteiger partial charge on any atom is -0.252 e. The van der Waals surface area contributed by atoms with Crippen molar-refractivity contribution in [3.8, 4) is 0 Å². The van der Waals surface area contributed by atoms with Crippen LogP contribution in [0.15, 0.2) is 6.20 Å². The zero-order chi connectivity index (χ0) is 11.3. The van der Waals surface area contributed by atoms with Crippen molar-refractivity contribution in [1.29, 1.82) is 0 Å². The summed E-state index contributed by atoms with van der Waals surface area (Å²) in [6, 6.07) is 0. The number of hydrogen-bond acceptors (Lipinski definition) is 2. The summed E-state index contributed by atoms with van der Waals surface area (Å²) in [5.74, 6) is 0. The smallest absolute Gasteiger partial charge is 0.0824 e. The van der Waals surface area contributed by atoms with E-state index in [0.717, 1.165) is 18.7 Å². The van der Waals surface area contributed by atoms with E-state index < -0.39 is 0 Å². The average Bonchev–Trinajstić information content (AvgIpc) is 2.59. The van der Waals surface area contributed by atoms with Crippen molar-refractivity contribution in [3.63, 3.8) is 0 Å². The van der Waals surface area contributed by atoms with Gasteiger partial charge in [0.25, 0.3) is 0 Å². The Morgan fingerprint density at radius 2 is 2.00 bits per heavy atom. The molecule has 0 spiro atoms. The third kappa shape index (κ3) is 4.96. The van der Waals surface area contributed by atoms with Gasteiger partial charge in [0.1, 0.15) is 0 Å². The minimum atomic E-state index is 0.455. The lowest BCUT2D eigenvalue weighted by atomic mass is 9.90. The lowest BCUT2D eigenvalue weighted by Gasteiger charge is -2.17. The van der Waals surface area contributed by atoms with Crippen molar-refractivity contribution in [2.45, 2.75) is 59.9 Å². The molecule has 15 heavy (non-hydrogen) atoms. The number of aromatic nitrogens is 3. The Kier molecular flexibility index (Phi) is 4.30. The van der Waals surface area contributed by atoms with Crippen molar-refractivity contribution in [2.24, 2.45) is 5.41 Å². The van der Waals surface area contributed by atoms with Gasteiger partial charge in [0.15, 0.2) is 0 Å². The molecule has 0 unspecified atom stereocenters. The molecule has 0 radical (unpaired) electrons. The van der Waals surface area contributed by atoms with E-state index in [-0.39, 0.29) is 0 Å². The van der Waals surface area contributed by atoms with Gasteiger partial charge in [-0.3, -0.25) is 4.68 Å². The van der Waals surface area contributed by atoms with E-state index >= 15 is 0 Å². The van der Waals surface area contributed by atoms with Crippen molar-refractivity contribution < 1.29 is 0 Å². The molecule has 3 heteroatoms. The SMILES string of the molecule is CCc1cn(CCCCC(C)(C)C)nn1. The minimum absolute atomic E-state index is 0.455. The molecule has 0 saturated carbocycles. The van der Waals surface area contributed by atoms with Crippen LogP contribution in [0.25, 0.3) is 0 Å². The zero-order valence-electron chi connectivity index (χ0n) is 10.5. The van der Waals surface area contributed by atoms with E-state index in [4.69, 9.17) is 0 Å². The van der Waals surface area contributed by atoms with Crippen LogP contribution in [0.1, 0.15) is 52.7 Å². The molecule has 1 aromatic heterocycles. The maximum Gasteiger partial charge on any atom is 0.0824 e. The van der Waals surface area contributed by atoms with Crippen LogP contribution in [0.5, 0.6) is 0 Å². The molecule has 0 aliphatic carbocycles. The largest absolute Gasteiger partial charge is 0.252 e. The van der Waals surface area contributed by atoms with Crippen LogP contribution in [-0.2, 0) is 13.0 Å². The Morgan fingerprint density at radius 1 is 1.27 bits per heavy atom. The molecule has 3 nitrogen and oxygen atoms in total. The van der Waals surface area contributed by atoms with Crippen LogP contribution in [0.2, 0.25) is 0 Å². The van der Waals surface area contributed by atoms with Crippen LogP contribution in [0.3, 0.4) is 0 Å². The van der Waals surface area contributed by atoms with Crippen LogP contribution in [-0.4, -0.2) is 15.0 Å². The third-order valence-corrected chi connectivity index (χ3v) is 2.51. The number of hydrogen-bond donors (Lipinski definition) is 0. The fourth-order valence-corrected chi connectivity index (χ4v) is 1.54. The summed E-state index contributed by atoms with van der Waals surface area (Å²) >= 11 is 0. The quantitative estimate of drug-likeness (QED) is 0.698. The van der Waals surface area contributed by atoms with Crippen LogP contribution in [0.4, 0.5) is 0 Å². The van der Waals surface area contributed by atoms with Crippen LogP contribution >= 0.6 is 0 Å². The van der Waals surface area contributed by atoms with Crippen molar-refractivity contribution >= 4 is 0 Å². The number of aryl methyl sites for hydroxylation is 2. The highest BCUT2D eigenvalue weighted by atomic mass is 15.4. The van der Waals surface area contributed by atoms with Gasteiger partial charge in [0, 0.05) is 12.7 Å². The average molecular weight is 209 g/mol. The molecule has 0 atom stereocenters. The van der Waals surface area contributed by atoms with E-state index in [2.05, 4.69) is 44.2 Å². The number of nitrogens with zero attached hydrogens (tertiary/aromatic N) is 3. The fraction of sp³-hybridized carbons (Fsp3) is 0.833. The molecule has 0 N–H and O–H groups in total. The van der Waals surface area contributed by atoms with Gasteiger partial charge in [-0.15, -0.1) is 5.10 Å². The highest BCUT2D eigenvalue weighted by Crippen LogP contribution is 2.21. The van der Waals surface area contributed by atoms with Gasteiger partial charge in [0.2, 0.25) is 0 Å². The summed E-state index contributed by atoms with van der Waals surface area (Å²) in [5.41, 5.74) is 1.54. The van der Waals surface area contributed by atoms with E-state index in [1.807, 2.05) is 4.68 Å². The lowest BCUT2D eigenvalue weighted by Crippen LogP contribution is -2.06.